The zero-order valence-corrected chi connectivity index (χ0v) is 8.56. The molecule has 0 saturated carbocycles. The number of rotatable bonds is 7. The van der Waals surface area contributed by atoms with E-state index in [4.69, 9.17) is 5.11 Å². The molecule has 1 N–H and O–H groups in total. The van der Waals surface area contributed by atoms with Gasteiger partial charge >= 0.3 is 78.9 Å². The summed E-state index contributed by atoms with van der Waals surface area (Å²) in [6.07, 6.45) is 5.92. The molecule has 4 heteroatoms. The molecule has 0 atom stereocenters. The standard InChI is InChI=1S/C9H15O3P/c10-9(11)7-5-3-1-2-4-6-8-13-12/h1-7H2,(H,10,11). The SMILES string of the molecule is O=P#CCCCCCCCC(=O)O. The van der Waals surface area contributed by atoms with Crippen LogP contribution in [0.4, 0.5) is 0 Å². The van der Waals surface area contributed by atoms with Gasteiger partial charge in [0.15, 0.2) is 0 Å². The summed E-state index contributed by atoms with van der Waals surface area (Å²) in [7, 11) is -0.00750. The molecule has 0 aliphatic rings. The maximum atomic E-state index is 10.1. The predicted octanol–water partition coefficient (Wildman–Crippen LogP) is 3.05. The van der Waals surface area contributed by atoms with E-state index in [1.807, 2.05) is 0 Å². The van der Waals surface area contributed by atoms with Crippen LogP contribution >= 0.6 is 7.92 Å². The van der Waals surface area contributed by atoms with Crippen molar-refractivity contribution in [1.29, 1.82) is 0 Å². The Morgan fingerprint density at radius 3 is 2.38 bits per heavy atom. The van der Waals surface area contributed by atoms with Gasteiger partial charge in [-0.15, -0.1) is 0 Å². The van der Waals surface area contributed by atoms with Gasteiger partial charge in [0, 0.05) is 0 Å². The quantitative estimate of drug-likeness (QED) is 0.510. The zero-order valence-electron chi connectivity index (χ0n) is 7.66. The molecule has 0 spiro atoms. The summed E-state index contributed by atoms with van der Waals surface area (Å²) in [6, 6.07) is 0. The normalized spacial score (nSPS) is 9.23. The van der Waals surface area contributed by atoms with E-state index < -0.39 is 5.97 Å². The van der Waals surface area contributed by atoms with E-state index in [2.05, 4.69) is 5.63 Å². The Bertz CT molecular complexity index is 230. The summed E-state index contributed by atoms with van der Waals surface area (Å²) in [5.74, 6) is -0.716. The Hall–Kier alpha value is -0.520. The molecule has 0 heterocycles. The topological polar surface area (TPSA) is 54.4 Å². The van der Waals surface area contributed by atoms with E-state index in [9.17, 15) is 9.36 Å². The van der Waals surface area contributed by atoms with E-state index in [0.29, 0.717) is 0 Å². The molecule has 0 radical (unpaired) electrons. The fraction of sp³-hybridized carbons (Fsp3) is 0.778. The van der Waals surface area contributed by atoms with Crippen molar-refractivity contribution in [2.45, 2.75) is 44.9 Å². The summed E-state index contributed by atoms with van der Waals surface area (Å²) in [5.41, 5.74) is 2.68. The van der Waals surface area contributed by atoms with Crippen molar-refractivity contribution >= 4 is 13.9 Å². The third-order valence-corrected chi connectivity index (χ3v) is 2.10. The van der Waals surface area contributed by atoms with Crippen LogP contribution < -0.4 is 0 Å². The van der Waals surface area contributed by atoms with Crippen LogP contribution in [0.15, 0.2) is 0 Å². The molecule has 13 heavy (non-hydrogen) atoms. The molecule has 0 bridgehead atoms. The monoisotopic (exact) mass is 202 g/mol. The number of carbonyl (C=O) groups is 1. The Morgan fingerprint density at radius 2 is 1.77 bits per heavy atom. The molecule has 0 aromatic heterocycles. The van der Waals surface area contributed by atoms with Gasteiger partial charge in [0.05, 0.1) is 0 Å². The minimum absolute atomic E-state index is 0.00750. The molecule has 3 nitrogen and oxygen atoms in total. The maximum absolute atomic E-state index is 10.1. The molecule has 0 amide bonds. The first-order chi connectivity index (χ1) is 6.27. The van der Waals surface area contributed by atoms with Crippen LogP contribution in [0.5, 0.6) is 0 Å². The van der Waals surface area contributed by atoms with Crippen LogP contribution in [0, 0.1) is 5.63 Å². The van der Waals surface area contributed by atoms with Crippen molar-refractivity contribution < 1.29 is 14.5 Å². The molecule has 0 unspecified atom stereocenters. The van der Waals surface area contributed by atoms with Crippen molar-refractivity contribution in [2.75, 3.05) is 0 Å². The van der Waals surface area contributed by atoms with Crippen molar-refractivity contribution in [3.63, 3.8) is 0 Å². The van der Waals surface area contributed by atoms with Crippen molar-refractivity contribution in [1.82, 2.24) is 0 Å². The number of carboxylic acid groups (broad SMARTS) is 1. The van der Waals surface area contributed by atoms with Crippen LogP contribution in [-0.4, -0.2) is 11.1 Å². The minimum atomic E-state index is -0.716. The van der Waals surface area contributed by atoms with Gasteiger partial charge in [-0.1, -0.05) is 0 Å². The predicted molar refractivity (Wildman–Crippen MR) is 51.4 cm³/mol. The molecule has 74 valence electrons. The van der Waals surface area contributed by atoms with Gasteiger partial charge in [-0.3, -0.25) is 0 Å². The molecule has 0 fully saturated rings. The van der Waals surface area contributed by atoms with Gasteiger partial charge in [0.1, 0.15) is 0 Å². The summed E-state index contributed by atoms with van der Waals surface area (Å²) in [6.45, 7) is 0. The average molecular weight is 202 g/mol. The van der Waals surface area contributed by atoms with Gasteiger partial charge in [0.25, 0.3) is 0 Å². The molecule has 0 rings (SSSR count). The van der Waals surface area contributed by atoms with Crippen LogP contribution in [0.3, 0.4) is 0 Å². The number of carboxylic acids is 1. The first-order valence-corrected chi connectivity index (χ1v) is 5.35. The Kier molecular flexibility index (Phi) is 9.18. The van der Waals surface area contributed by atoms with E-state index >= 15 is 0 Å². The Labute approximate surface area is 79.7 Å². The molecule has 0 aromatic carbocycles. The second-order valence-corrected chi connectivity index (χ2v) is 3.41. The average Bonchev–Trinajstić information content (AvgIpc) is 2.09. The van der Waals surface area contributed by atoms with Crippen molar-refractivity contribution in [3.8, 4) is 5.63 Å². The third-order valence-electron chi connectivity index (χ3n) is 1.74. The summed E-state index contributed by atoms with van der Waals surface area (Å²) >= 11 is 0. The second kappa shape index (κ2) is 9.57. The van der Waals surface area contributed by atoms with E-state index in [1.165, 1.54) is 0 Å². The number of unbranched alkanes of at least 4 members (excludes halogenated alkanes) is 5. The van der Waals surface area contributed by atoms with E-state index in [1.54, 1.807) is 0 Å². The van der Waals surface area contributed by atoms with Gasteiger partial charge in [-0.25, -0.2) is 0 Å². The third kappa shape index (κ3) is 11.5. The molecule has 0 aliphatic heterocycles. The van der Waals surface area contributed by atoms with Gasteiger partial charge in [-0.05, 0) is 0 Å². The van der Waals surface area contributed by atoms with Crippen LogP contribution in [-0.2, 0) is 9.36 Å². The molecule has 0 saturated heterocycles. The molecule has 0 aromatic rings. The number of hydrogen-bond acceptors (Lipinski definition) is 2. The van der Waals surface area contributed by atoms with Crippen molar-refractivity contribution in [2.24, 2.45) is 0 Å². The van der Waals surface area contributed by atoms with Gasteiger partial charge in [0.2, 0.25) is 0 Å². The summed E-state index contributed by atoms with van der Waals surface area (Å²) in [5, 5.41) is 8.34. The second-order valence-electron chi connectivity index (χ2n) is 2.91. The Balaban J connectivity index is 3.02. The van der Waals surface area contributed by atoms with Crippen molar-refractivity contribution in [3.05, 3.63) is 0 Å². The molecular formula is C9H15O3P. The van der Waals surface area contributed by atoms with E-state index in [-0.39, 0.29) is 14.3 Å². The van der Waals surface area contributed by atoms with Crippen LogP contribution in [0.25, 0.3) is 0 Å². The summed E-state index contributed by atoms with van der Waals surface area (Å²) in [4.78, 5) is 10.1. The number of hydrogen-bond donors (Lipinski definition) is 1. The zero-order chi connectivity index (χ0) is 9.94. The fourth-order valence-electron chi connectivity index (χ4n) is 1.06. The van der Waals surface area contributed by atoms with E-state index in [0.717, 1.165) is 38.5 Å². The number of aliphatic carboxylic acids is 1. The van der Waals surface area contributed by atoms with Crippen LogP contribution in [0.1, 0.15) is 44.9 Å². The fourth-order valence-corrected chi connectivity index (χ4v) is 1.31. The van der Waals surface area contributed by atoms with Gasteiger partial charge < -0.3 is 0 Å². The molecule has 0 aliphatic carbocycles. The van der Waals surface area contributed by atoms with Crippen LogP contribution in [0.2, 0.25) is 0 Å². The first-order valence-electron chi connectivity index (χ1n) is 4.54. The molecular weight excluding hydrogens is 187 g/mol. The summed E-state index contributed by atoms with van der Waals surface area (Å²) < 4.78 is 9.94. The first kappa shape index (κ1) is 12.5. The Morgan fingerprint density at radius 1 is 1.15 bits per heavy atom. The van der Waals surface area contributed by atoms with Gasteiger partial charge in [-0.2, -0.15) is 0 Å².